The van der Waals surface area contributed by atoms with E-state index in [0.717, 1.165) is 38.7 Å². The first-order valence-corrected chi connectivity index (χ1v) is 12.5. The topological polar surface area (TPSA) is 49.6 Å². The molecule has 0 fully saturated rings. The van der Waals surface area contributed by atoms with Crippen LogP contribution < -0.4 is 0 Å². The Morgan fingerprint density at radius 2 is 1.68 bits per heavy atom. The van der Waals surface area contributed by atoms with Crippen LogP contribution in [-0.4, -0.2) is 9.97 Å². The van der Waals surface area contributed by atoms with Gasteiger partial charge in [-0.3, -0.25) is 0 Å². The van der Waals surface area contributed by atoms with Gasteiger partial charge in [0, 0.05) is 15.6 Å². The van der Waals surface area contributed by atoms with Crippen molar-refractivity contribution in [1.29, 1.82) is 5.26 Å². The minimum atomic E-state index is -0.0729. The molecule has 0 unspecified atom stereocenters. The summed E-state index contributed by atoms with van der Waals surface area (Å²) in [6.07, 6.45) is 2.73. The maximum Gasteiger partial charge on any atom is 0.116 e. The van der Waals surface area contributed by atoms with Gasteiger partial charge in [-0.1, -0.05) is 59.7 Å². The normalized spacial score (nSPS) is 12.5. The van der Waals surface area contributed by atoms with E-state index in [2.05, 4.69) is 89.0 Å². The van der Waals surface area contributed by atoms with E-state index in [1.807, 2.05) is 12.1 Å². The average molecular weight is 464 g/mol. The van der Waals surface area contributed by atoms with Crippen LogP contribution in [0.2, 0.25) is 0 Å². The van der Waals surface area contributed by atoms with Crippen LogP contribution in [0.4, 0.5) is 0 Å². The Hall–Kier alpha value is -3.29. The van der Waals surface area contributed by atoms with E-state index in [1.165, 1.54) is 21.2 Å². The van der Waals surface area contributed by atoms with Crippen molar-refractivity contribution in [2.45, 2.75) is 53.4 Å². The van der Waals surface area contributed by atoms with Gasteiger partial charge in [0.05, 0.1) is 27.5 Å². The Morgan fingerprint density at radius 1 is 0.882 bits per heavy atom. The summed E-state index contributed by atoms with van der Waals surface area (Å²) in [5.74, 6) is 0. The lowest BCUT2D eigenvalue weighted by atomic mass is 9.82. The van der Waals surface area contributed by atoms with E-state index >= 15 is 0 Å². The summed E-state index contributed by atoms with van der Waals surface area (Å²) in [4.78, 5) is 9.44. The van der Waals surface area contributed by atoms with Crippen LogP contribution in [0.15, 0.2) is 54.9 Å². The zero-order chi connectivity index (χ0) is 24.3. The molecule has 0 amide bonds. The van der Waals surface area contributed by atoms with Crippen molar-refractivity contribution >= 4 is 42.4 Å². The first-order valence-electron chi connectivity index (χ1n) is 11.7. The van der Waals surface area contributed by atoms with E-state index in [0.29, 0.717) is 5.56 Å². The van der Waals surface area contributed by atoms with Gasteiger partial charge in [0.1, 0.15) is 6.33 Å². The van der Waals surface area contributed by atoms with Gasteiger partial charge in [-0.15, -0.1) is 11.3 Å². The van der Waals surface area contributed by atoms with Crippen molar-refractivity contribution in [2.75, 3.05) is 0 Å². The van der Waals surface area contributed by atoms with Crippen molar-refractivity contribution in [2.24, 2.45) is 5.41 Å². The molecular formula is C30H29N3S. The highest BCUT2D eigenvalue weighted by Crippen LogP contribution is 2.41. The molecule has 0 saturated carbocycles. The van der Waals surface area contributed by atoms with Gasteiger partial charge in [0.25, 0.3) is 0 Å². The SMILES string of the molecule is CC(C)(C)Cc1ccc2c(c1)sc1c(-c3cc(C(C)(C)C)c4cc(C#N)ccc4c3)ncnc12. The highest BCUT2D eigenvalue weighted by molar-refractivity contribution is 7.26. The Morgan fingerprint density at radius 3 is 2.38 bits per heavy atom. The fraction of sp³-hybridized carbons (Fsp3) is 0.300. The van der Waals surface area contributed by atoms with E-state index in [1.54, 1.807) is 17.7 Å². The molecule has 0 N–H and O–H groups in total. The standard InChI is InChI=1S/C30H29N3S/c1-29(2,3)15-18-8-10-22-25(12-18)34-28-26(32-17-33-27(22)28)21-13-20-9-7-19(16-31)11-23(20)24(14-21)30(4,5)6/h7-14,17H,15H2,1-6H3. The molecular weight excluding hydrogens is 434 g/mol. The van der Waals surface area contributed by atoms with E-state index in [9.17, 15) is 5.26 Å². The smallest absolute Gasteiger partial charge is 0.116 e. The minimum Gasteiger partial charge on any atom is -0.235 e. The summed E-state index contributed by atoms with van der Waals surface area (Å²) in [7, 11) is 0. The molecule has 0 saturated heterocycles. The second-order valence-corrected chi connectivity index (χ2v) is 12.4. The second-order valence-electron chi connectivity index (χ2n) is 11.4. The van der Waals surface area contributed by atoms with E-state index < -0.39 is 0 Å². The van der Waals surface area contributed by atoms with Crippen LogP contribution in [0, 0.1) is 16.7 Å². The van der Waals surface area contributed by atoms with Crippen LogP contribution >= 0.6 is 11.3 Å². The maximum atomic E-state index is 9.43. The molecule has 2 heterocycles. The Labute approximate surface area is 205 Å². The van der Waals surface area contributed by atoms with Crippen LogP contribution in [0.5, 0.6) is 0 Å². The molecule has 0 radical (unpaired) electrons. The molecule has 0 bridgehead atoms. The quantitative estimate of drug-likeness (QED) is 0.264. The summed E-state index contributed by atoms with van der Waals surface area (Å²) < 4.78 is 2.38. The molecule has 0 aliphatic heterocycles. The van der Waals surface area contributed by atoms with Gasteiger partial charge >= 0.3 is 0 Å². The summed E-state index contributed by atoms with van der Waals surface area (Å²) in [5, 5.41) is 12.9. The van der Waals surface area contributed by atoms with Gasteiger partial charge in [-0.2, -0.15) is 5.26 Å². The molecule has 2 aromatic heterocycles. The third kappa shape index (κ3) is 4.06. The lowest BCUT2D eigenvalue weighted by molar-refractivity contribution is 0.411. The summed E-state index contributed by atoms with van der Waals surface area (Å²) in [6, 6.07) is 19.5. The average Bonchev–Trinajstić information content (AvgIpc) is 3.14. The fourth-order valence-electron chi connectivity index (χ4n) is 4.73. The Balaban J connectivity index is 1.75. The van der Waals surface area contributed by atoms with Gasteiger partial charge < -0.3 is 0 Å². The van der Waals surface area contributed by atoms with Crippen molar-refractivity contribution in [3.8, 4) is 17.3 Å². The number of fused-ring (bicyclic) bond motifs is 4. The van der Waals surface area contributed by atoms with Crippen molar-refractivity contribution < 1.29 is 0 Å². The highest BCUT2D eigenvalue weighted by atomic mass is 32.1. The number of benzene rings is 3. The molecule has 34 heavy (non-hydrogen) atoms. The van der Waals surface area contributed by atoms with Crippen molar-refractivity contribution in [1.82, 2.24) is 9.97 Å². The number of hydrogen-bond acceptors (Lipinski definition) is 4. The monoisotopic (exact) mass is 463 g/mol. The lowest BCUT2D eigenvalue weighted by Crippen LogP contribution is -2.12. The van der Waals surface area contributed by atoms with Crippen LogP contribution in [0.25, 0.3) is 42.3 Å². The largest absolute Gasteiger partial charge is 0.235 e. The number of thiophene rings is 1. The first kappa shape index (κ1) is 22.5. The summed E-state index contributed by atoms with van der Waals surface area (Å²) in [5.41, 5.74) is 6.52. The molecule has 0 spiro atoms. The zero-order valence-corrected chi connectivity index (χ0v) is 21.5. The van der Waals surface area contributed by atoms with Gasteiger partial charge in [0.15, 0.2) is 0 Å². The van der Waals surface area contributed by atoms with Crippen molar-refractivity contribution in [3.63, 3.8) is 0 Å². The molecule has 5 rings (SSSR count). The second kappa shape index (κ2) is 7.89. The number of aromatic nitrogens is 2. The fourth-order valence-corrected chi connectivity index (χ4v) is 5.96. The molecule has 0 atom stereocenters. The molecule has 0 aliphatic rings. The first-order chi connectivity index (χ1) is 16.0. The molecule has 3 nitrogen and oxygen atoms in total. The van der Waals surface area contributed by atoms with Gasteiger partial charge in [0.2, 0.25) is 0 Å². The number of nitrogens with zero attached hydrogens (tertiary/aromatic N) is 3. The molecule has 170 valence electrons. The number of rotatable bonds is 2. The third-order valence-corrected chi connectivity index (χ3v) is 7.36. The Bertz CT molecular complexity index is 1600. The predicted molar refractivity (Wildman–Crippen MR) is 144 cm³/mol. The van der Waals surface area contributed by atoms with Crippen LogP contribution in [-0.2, 0) is 11.8 Å². The van der Waals surface area contributed by atoms with E-state index in [4.69, 9.17) is 4.98 Å². The van der Waals surface area contributed by atoms with E-state index in [-0.39, 0.29) is 10.8 Å². The van der Waals surface area contributed by atoms with Crippen LogP contribution in [0.3, 0.4) is 0 Å². The molecule has 4 heteroatoms. The van der Waals surface area contributed by atoms with Gasteiger partial charge in [-0.25, -0.2) is 9.97 Å². The minimum absolute atomic E-state index is 0.0729. The van der Waals surface area contributed by atoms with Gasteiger partial charge in [-0.05, 0) is 69.5 Å². The Kier molecular flexibility index (Phi) is 5.22. The van der Waals surface area contributed by atoms with Crippen molar-refractivity contribution in [3.05, 3.63) is 71.5 Å². The number of hydrogen-bond donors (Lipinski definition) is 0. The van der Waals surface area contributed by atoms with Crippen LogP contribution in [0.1, 0.15) is 58.2 Å². The summed E-state index contributed by atoms with van der Waals surface area (Å²) in [6.45, 7) is 13.5. The summed E-state index contributed by atoms with van der Waals surface area (Å²) >= 11 is 1.78. The third-order valence-electron chi connectivity index (χ3n) is 6.22. The highest BCUT2D eigenvalue weighted by Gasteiger charge is 2.21. The molecule has 3 aromatic carbocycles. The lowest BCUT2D eigenvalue weighted by Gasteiger charge is -2.23. The molecule has 0 aliphatic carbocycles. The molecule has 5 aromatic rings. The number of nitriles is 1. The maximum absolute atomic E-state index is 9.43. The predicted octanol–water partition coefficient (Wildman–Crippen LogP) is 8.42. The zero-order valence-electron chi connectivity index (χ0n) is 20.7.